The Hall–Kier alpha value is -3.02. The predicted octanol–water partition coefficient (Wildman–Crippen LogP) is 3.15. The zero-order valence-electron chi connectivity index (χ0n) is 14.7. The molecule has 0 aliphatic carbocycles. The van der Waals surface area contributed by atoms with Gasteiger partial charge in [-0.15, -0.1) is 0 Å². The minimum atomic E-state index is 0.154. The maximum atomic E-state index is 6.07. The Kier molecular flexibility index (Phi) is 4.73. The molecule has 6 nitrogen and oxygen atoms in total. The molecular weight excluding hydrogens is 326 g/mol. The summed E-state index contributed by atoms with van der Waals surface area (Å²) < 4.78 is 6.07. The molecule has 1 fully saturated rings. The summed E-state index contributed by atoms with van der Waals surface area (Å²) in [6, 6.07) is 9.75. The van der Waals surface area contributed by atoms with E-state index in [2.05, 4.69) is 32.8 Å². The average Bonchev–Trinajstić information content (AvgIpc) is 3.17. The lowest BCUT2D eigenvalue weighted by molar-refractivity contribution is 0.224. The zero-order valence-corrected chi connectivity index (χ0v) is 14.7. The summed E-state index contributed by atoms with van der Waals surface area (Å²) in [5.41, 5.74) is 2.03. The third-order valence-electron chi connectivity index (χ3n) is 4.49. The molecular formula is C20H21N5O. The van der Waals surface area contributed by atoms with Gasteiger partial charge in [-0.05, 0) is 30.7 Å². The highest BCUT2D eigenvalue weighted by molar-refractivity contribution is 5.57. The molecule has 1 atom stereocenters. The standard InChI is InChI=1S/C20H21N5O/c1-2-16-13-19(24-20(23-16)15-3-8-21-9-4-15)25-12-7-18(14-25)26-17-5-10-22-11-6-17/h3-6,8-11,13,18H,2,7,12,14H2,1H3/t18-/m1/s1. The van der Waals surface area contributed by atoms with Crippen LogP contribution in [0, 0.1) is 0 Å². The van der Waals surface area contributed by atoms with Gasteiger partial charge in [-0.1, -0.05) is 6.92 Å². The Bertz CT molecular complexity index is 857. The molecule has 0 bridgehead atoms. The van der Waals surface area contributed by atoms with Crippen molar-refractivity contribution < 1.29 is 4.74 Å². The number of hydrogen-bond acceptors (Lipinski definition) is 6. The summed E-state index contributed by atoms with van der Waals surface area (Å²) in [6.45, 7) is 3.85. The van der Waals surface area contributed by atoms with Crippen molar-refractivity contribution in [2.75, 3.05) is 18.0 Å². The number of ether oxygens (including phenoxy) is 1. The predicted molar refractivity (Wildman–Crippen MR) is 100 cm³/mol. The average molecular weight is 347 g/mol. The number of rotatable bonds is 5. The van der Waals surface area contributed by atoms with Crippen LogP contribution in [0.4, 0.5) is 5.82 Å². The lowest BCUT2D eigenvalue weighted by atomic mass is 10.2. The topological polar surface area (TPSA) is 64.0 Å². The first-order valence-corrected chi connectivity index (χ1v) is 8.92. The highest BCUT2D eigenvalue weighted by atomic mass is 16.5. The van der Waals surface area contributed by atoms with Gasteiger partial charge < -0.3 is 9.64 Å². The summed E-state index contributed by atoms with van der Waals surface area (Å²) in [5.74, 6) is 2.58. The van der Waals surface area contributed by atoms with Gasteiger partial charge in [0.2, 0.25) is 0 Å². The molecule has 132 valence electrons. The number of anilines is 1. The molecule has 26 heavy (non-hydrogen) atoms. The van der Waals surface area contributed by atoms with Crippen molar-refractivity contribution in [1.29, 1.82) is 0 Å². The van der Waals surface area contributed by atoms with Gasteiger partial charge in [0.05, 0.1) is 6.54 Å². The summed E-state index contributed by atoms with van der Waals surface area (Å²) in [6.07, 6.45) is 9.04. The zero-order chi connectivity index (χ0) is 17.8. The fraction of sp³-hybridized carbons (Fsp3) is 0.300. The summed E-state index contributed by atoms with van der Waals surface area (Å²) >= 11 is 0. The third kappa shape index (κ3) is 3.64. The fourth-order valence-corrected chi connectivity index (χ4v) is 3.10. The second kappa shape index (κ2) is 7.47. The molecule has 3 aromatic rings. The quantitative estimate of drug-likeness (QED) is 0.706. The maximum Gasteiger partial charge on any atom is 0.161 e. The van der Waals surface area contributed by atoms with E-state index in [1.54, 1.807) is 24.8 Å². The molecule has 0 radical (unpaired) electrons. The Morgan fingerprint density at radius 1 is 1.04 bits per heavy atom. The van der Waals surface area contributed by atoms with Crippen molar-refractivity contribution in [2.45, 2.75) is 25.9 Å². The second-order valence-electron chi connectivity index (χ2n) is 6.29. The first-order valence-electron chi connectivity index (χ1n) is 8.92. The van der Waals surface area contributed by atoms with E-state index in [1.165, 1.54) is 0 Å². The van der Waals surface area contributed by atoms with Gasteiger partial charge in [0.25, 0.3) is 0 Å². The molecule has 0 saturated carbocycles. The van der Waals surface area contributed by atoms with E-state index in [9.17, 15) is 0 Å². The molecule has 4 heterocycles. The highest BCUT2D eigenvalue weighted by Crippen LogP contribution is 2.25. The molecule has 1 aliphatic rings. The molecule has 6 heteroatoms. The summed E-state index contributed by atoms with van der Waals surface area (Å²) in [4.78, 5) is 19.9. The van der Waals surface area contributed by atoms with Crippen molar-refractivity contribution in [3.05, 3.63) is 60.8 Å². The van der Waals surface area contributed by atoms with Crippen LogP contribution in [0.5, 0.6) is 5.75 Å². The van der Waals surface area contributed by atoms with Crippen LogP contribution in [-0.4, -0.2) is 39.1 Å². The maximum absolute atomic E-state index is 6.07. The second-order valence-corrected chi connectivity index (χ2v) is 6.29. The van der Waals surface area contributed by atoms with Crippen molar-refractivity contribution in [3.8, 4) is 17.1 Å². The van der Waals surface area contributed by atoms with E-state index in [0.29, 0.717) is 0 Å². The molecule has 1 saturated heterocycles. The first kappa shape index (κ1) is 16.4. The van der Waals surface area contributed by atoms with Gasteiger partial charge in [0.1, 0.15) is 17.7 Å². The van der Waals surface area contributed by atoms with Gasteiger partial charge >= 0.3 is 0 Å². The monoisotopic (exact) mass is 347 g/mol. The van der Waals surface area contributed by atoms with Crippen molar-refractivity contribution >= 4 is 5.82 Å². The normalized spacial score (nSPS) is 16.7. The third-order valence-corrected chi connectivity index (χ3v) is 4.49. The van der Waals surface area contributed by atoms with Crippen LogP contribution in [0.3, 0.4) is 0 Å². The minimum Gasteiger partial charge on any atom is -0.488 e. The Morgan fingerprint density at radius 2 is 1.77 bits per heavy atom. The van der Waals surface area contributed by atoms with E-state index in [0.717, 1.165) is 54.6 Å². The molecule has 1 aliphatic heterocycles. The van der Waals surface area contributed by atoms with Crippen LogP contribution >= 0.6 is 0 Å². The van der Waals surface area contributed by atoms with E-state index in [1.807, 2.05) is 24.3 Å². The molecule has 3 aromatic heterocycles. The number of pyridine rings is 2. The Morgan fingerprint density at radius 3 is 2.50 bits per heavy atom. The number of aryl methyl sites for hydroxylation is 1. The van der Waals surface area contributed by atoms with Gasteiger partial charge in [-0.2, -0.15) is 0 Å². The summed E-state index contributed by atoms with van der Waals surface area (Å²) in [5, 5.41) is 0. The van der Waals surface area contributed by atoms with Crippen LogP contribution in [0.2, 0.25) is 0 Å². The van der Waals surface area contributed by atoms with Gasteiger partial charge in [0.15, 0.2) is 5.82 Å². The van der Waals surface area contributed by atoms with E-state index < -0.39 is 0 Å². The molecule has 0 unspecified atom stereocenters. The number of aromatic nitrogens is 4. The summed E-state index contributed by atoms with van der Waals surface area (Å²) in [7, 11) is 0. The Labute approximate surface area is 152 Å². The van der Waals surface area contributed by atoms with Crippen LogP contribution in [0.1, 0.15) is 19.0 Å². The Balaban J connectivity index is 1.54. The SMILES string of the molecule is CCc1cc(N2CC[C@@H](Oc3ccncc3)C2)nc(-c2ccncc2)n1. The van der Waals surface area contributed by atoms with Gasteiger partial charge in [-0.3, -0.25) is 9.97 Å². The van der Waals surface area contributed by atoms with E-state index >= 15 is 0 Å². The van der Waals surface area contributed by atoms with Crippen molar-refractivity contribution in [2.24, 2.45) is 0 Å². The smallest absolute Gasteiger partial charge is 0.161 e. The molecule has 0 aromatic carbocycles. The number of hydrogen-bond donors (Lipinski definition) is 0. The largest absolute Gasteiger partial charge is 0.488 e. The van der Waals surface area contributed by atoms with E-state index in [-0.39, 0.29) is 6.10 Å². The fourth-order valence-electron chi connectivity index (χ4n) is 3.10. The minimum absolute atomic E-state index is 0.154. The lowest BCUT2D eigenvalue weighted by Gasteiger charge is -2.19. The van der Waals surface area contributed by atoms with Crippen LogP contribution in [-0.2, 0) is 6.42 Å². The van der Waals surface area contributed by atoms with Gasteiger partial charge in [-0.25, -0.2) is 9.97 Å². The molecule has 4 rings (SSSR count). The van der Waals surface area contributed by atoms with Crippen molar-refractivity contribution in [1.82, 2.24) is 19.9 Å². The van der Waals surface area contributed by atoms with Crippen molar-refractivity contribution in [3.63, 3.8) is 0 Å². The molecule has 0 amide bonds. The molecule has 0 N–H and O–H groups in total. The lowest BCUT2D eigenvalue weighted by Crippen LogP contribution is -2.25. The van der Waals surface area contributed by atoms with Crippen LogP contribution in [0.25, 0.3) is 11.4 Å². The van der Waals surface area contributed by atoms with E-state index in [4.69, 9.17) is 9.72 Å². The number of nitrogens with zero attached hydrogens (tertiary/aromatic N) is 5. The van der Waals surface area contributed by atoms with Crippen LogP contribution in [0.15, 0.2) is 55.1 Å². The molecule has 0 spiro atoms. The van der Waals surface area contributed by atoms with Crippen LogP contribution < -0.4 is 9.64 Å². The first-order chi connectivity index (χ1) is 12.8. The highest BCUT2D eigenvalue weighted by Gasteiger charge is 2.26. The van der Waals surface area contributed by atoms with Gasteiger partial charge in [0, 0.05) is 55.1 Å².